The predicted octanol–water partition coefficient (Wildman–Crippen LogP) is 3.58. The molecule has 0 unspecified atom stereocenters. The number of aryl methyl sites for hydroxylation is 2. The Morgan fingerprint density at radius 1 is 1.32 bits per heavy atom. The van der Waals surface area contributed by atoms with Gasteiger partial charge in [0, 0.05) is 17.6 Å². The van der Waals surface area contributed by atoms with Crippen LogP contribution in [0.4, 0.5) is 0 Å². The normalized spacial score (nSPS) is 10.9. The van der Waals surface area contributed by atoms with Crippen molar-refractivity contribution in [2.75, 3.05) is 6.54 Å². The Labute approximate surface area is 119 Å². The van der Waals surface area contributed by atoms with Gasteiger partial charge in [-0.2, -0.15) is 0 Å². The summed E-state index contributed by atoms with van der Waals surface area (Å²) in [6.45, 7) is 8.40. The third-order valence-corrected chi connectivity index (χ3v) is 4.14. The van der Waals surface area contributed by atoms with E-state index in [4.69, 9.17) is 4.98 Å². The molecule has 2 aromatic heterocycles. The van der Waals surface area contributed by atoms with Gasteiger partial charge in [0.1, 0.15) is 10.7 Å². The number of thiazole rings is 1. The lowest BCUT2D eigenvalue weighted by Gasteiger charge is -2.01. The van der Waals surface area contributed by atoms with Gasteiger partial charge < -0.3 is 5.32 Å². The number of nitrogens with one attached hydrogen (secondary N) is 1. The van der Waals surface area contributed by atoms with E-state index in [1.54, 1.807) is 11.3 Å². The molecule has 1 N–H and O–H groups in total. The molecule has 0 atom stereocenters. The van der Waals surface area contributed by atoms with Gasteiger partial charge in [-0.25, -0.2) is 4.98 Å². The molecule has 0 aliphatic carbocycles. The number of aromatic nitrogens is 2. The molecule has 0 spiro atoms. The molecule has 4 heteroatoms. The number of rotatable bonds is 6. The quantitative estimate of drug-likeness (QED) is 0.819. The minimum absolute atomic E-state index is 0.917. The highest BCUT2D eigenvalue weighted by Crippen LogP contribution is 2.29. The average Bonchev–Trinajstić information content (AvgIpc) is 2.83. The van der Waals surface area contributed by atoms with Crippen molar-refractivity contribution in [1.29, 1.82) is 0 Å². The van der Waals surface area contributed by atoms with E-state index in [2.05, 4.69) is 37.1 Å². The molecule has 0 aliphatic rings. The highest BCUT2D eigenvalue weighted by Gasteiger charge is 2.13. The van der Waals surface area contributed by atoms with Crippen molar-refractivity contribution in [2.45, 2.75) is 40.2 Å². The molecule has 19 heavy (non-hydrogen) atoms. The maximum absolute atomic E-state index is 4.75. The Morgan fingerprint density at radius 3 is 2.84 bits per heavy atom. The zero-order chi connectivity index (χ0) is 13.7. The van der Waals surface area contributed by atoms with Crippen LogP contribution in [0.1, 0.15) is 36.4 Å². The highest BCUT2D eigenvalue weighted by atomic mass is 32.1. The fourth-order valence-electron chi connectivity index (χ4n) is 1.99. The summed E-state index contributed by atoms with van der Waals surface area (Å²) in [5.41, 5.74) is 3.41. The van der Waals surface area contributed by atoms with Crippen molar-refractivity contribution in [1.82, 2.24) is 15.3 Å². The molecule has 0 saturated carbocycles. The zero-order valence-corrected chi connectivity index (χ0v) is 12.7. The monoisotopic (exact) mass is 275 g/mol. The van der Waals surface area contributed by atoms with E-state index < -0.39 is 0 Å². The average molecular weight is 275 g/mol. The van der Waals surface area contributed by atoms with Gasteiger partial charge in [-0.3, -0.25) is 4.98 Å². The number of hydrogen-bond acceptors (Lipinski definition) is 4. The molecule has 2 heterocycles. The Bertz CT molecular complexity index is 534. The Kier molecular flexibility index (Phi) is 5.05. The smallest absolute Gasteiger partial charge is 0.142 e. The molecule has 0 saturated heterocycles. The Morgan fingerprint density at radius 2 is 2.16 bits per heavy atom. The first kappa shape index (κ1) is 14.2. The second kappa shape index (κ2) is 6.78. The van der Waals surface area contributed by atoms with Gasteiger partial charge in [0.2, 0.25) is 0 Å². The van der Waals surface area contributed by atoms with E-state index >= 15 is 0 Å². The topological polar surface area (TPSA) is 37.8 Å². The maximum Gasteiger partial charge on any atom is 0.142 e. The van der Waals surface area contributed by atoms with E-state index in [9.17, 15) is 0 Å². The number of pyridine rings is 1. The first-order chi connectivity index (χ1) is 9.26. The standard InChI is InChI=1S/C15H21N3S/c1-4-8-16-10-13-12(5-2)18-15(19-13)14-11(3)7-6-9-17-14/h6-7,9,16H,4-5,8,10H2,1-3H3. The molecule has 2 aromatic rings. The van der Waals surface area contributed by atoms with Crippen molar-refractivity contribution in [3.05, 3.63) is 34.5 Å². The largest absolute Gasteiger partial charge is 0.312 e. The highest BCUT2D eigenvalue weighted by molar-refractivity contribution is 7.15. The van der Waals surface area contributed by atoms with E-state index in [0.717, 1.165) is 36.6 Å². The minimum atomic E-state index is 0.917. The molecule has 3 nitrogen and oxygen atoms in total. The van der Waals surface area contributed by atoms with Crippen LogP contribution in [-0.2, 0) is 13.0 Å². The molecule has 0 amide bonds. The zero-order valence-electron chi connectivity index (χ0n) is 11.9. The molecule has 102 valence electrons. The van der Waals surface area contributed by atoms with Crippen LogP contribution in [0.3, 0.4) is 0 Å². The first-order valence-corrected chi connectivity index (χ1v) is 7.69. The third-order valence-electron chi connectivity index (χ3n) is 3.04. The molecule has 2 rings (SSSR count). The van der Waals surface area contributed by atoms with Gasteiger partial charge in [-0.1, -0.05) is 19.9 Å². The SMILES string of the molecule is CCCNCc1sc(-c2ncccc2C)nc1CC. The van der Waals surface area contributed by atoms with Crippen molar-refractivity contribution < 1.29 is 0 Å². The summed E-state index contributed by atoms with van der Waals surface area (Å²) < 4.78 is 0. The van der Waals surface area contributed by atoms with E-state index in [-0.39, 0.29) is 0 Å². The van der Waals surface area contributed by atoms with Crippen LogP contribution in [0.5, 0.6) is 0 Å². The van der Waals surface area contributed by atoms with Crippen LogP contribution in [0.2, 0.25) is 0 Å². The molecular formula is C15H21N3S. The second-order valence-electron chi connectivity index (χ2n) is 4.59. The molecule has 0 aromatic carbocycles. The van der Waals surface area contributed by atoms with Crippen LogP contribution < -0.4 is 5.32 Å². The second-order valence-corrected chi connectivity index (χ2v) is 5.67. The lowest BCUT2D eigenvalue weighted by atomic mass is 10.2. The molecular weight excluding hydrogens is 254 g/mol. The Hall–Kier alpha value is -1.26. The van der Waals surface area contributed by atoms with Crippen LogP contribution in [0.15, 0.2) is 18.3 Å². The maximum atomic E-state index is 4.75. The van der Waals surface area contributed by atoms with E-state index in [1.807, 2.05) is 12.3 Å². The van der Waals surface area contributed by atoms with Crippen LogP contribution in [0.25, 0.3) is 10.7 Å². The van der Waals surface area contributed by atoms with Crippen molar-refractivity contribution in [3.8, 4) is 10.7 Å². The summed E-state index contributed by atoms with van der Waals surface area (Å²) in [7, 11) is 0. The van der Waals surface area contributed by atoms with E-state index in [1.165, 1.54) is 16.1 Å². The van der Waals surface area contributed by atoms with Gasteiger partial charge in [0.25, 0.3) is 0 Å². The number of hydrogen-bond donors (Lipinski definition) is 1. The van der Waals surface area contributed by atoms with Gasteiger partial charge in [0.15, 0.2) is 0 Å². The number of nitrogens with zero attached hydrogens (tertiary/aromatic N) is 2. The van der Waals surface area contributed by atoms with E-state index in [0.29, 0.717) is 0 Å². The van der Waals surface area contributed by atoms with Gasteiger partial charge >= 0.3 is 0 Å². The lowest BCUT2D eigenvalue weighted by Crippen LogP contribution is -2.13. The molecule has 0 radical (unpaired) electrons. The fourth-order valence-corrected chi connectivity index (χ4v) is 3.17. The summed E-state index contributed by atoms with van der Waals surface area (Å²) in [4.78, 5) is 10.6. The summed E-state index contributed by atoms with van der Waals surface area (Å²) in [5, 5.41) is 4.50. The van der Waals surface area contributed by atoms with Crippen LogP contribution >= 0.6 is 11.3 Å². The summed E-state index contributed by atoms with van der Waals surface area (Å²) in [5.74, 6) is 0. The van der Waals surface area contributed by atoms with Crippen molar-refractivity contribution in [2.24, 2.45) is 0 Å². The molecule has 0 fully saturated rings. The summed E-state index contributed by atoms with van der Waals surface area (Å²) >= 11 is 1.77. The van der Waals surface area contributed by atoms with Crippen LogP contribution in [0, 0.1) is 6.92 Å². The predicted molar refractivity (Wildman–Crippen MR) is 81.5 cm³/mol. The van der Waals surface area contributed by atoms with Gasteiger partial charge in [-0.15, -0.1) is 11.3 Å². The third kappa shape index (κ3) is 3.39. The van der Waals surface area contributed by atoms with Gasteiger partial charge in [-0.05, 0) is 37.9 Å². The molecule has 0 bridgehead atoms. The summed E-state index contributed by atoms with van der Waals surface area (Å²) in [6, 6.07) is 4.06. The van der Waals surface area contributed by atoms with Crippen molar-refractivity contribution >= 4 is 11.3 Å². The lowest BCUT2D eigenvalue weighted by molar-refractivity contribution is 0.677. The summed E-state index contributed by atoms with van der Waals surface area (Å²) in [6.07, 6.45) is 3.97. The fraction of sp³-hybridized carbons (Fsp3) is 0.467. The minimum Gasteiger partial charge on any atom is -0.312 e. The van der Waals surface area contributed by atoms with Crippen LogP contribution in [-0.4, -0.2) is 16.5 Å². The Balaban J connectivity index is 2.25. The van der Waals surface area contributed by atoms with Gasteiger partial charge in [0.05, 0.1) is 5.69 Å². The first-order valence-electron chi connectivity index (χ1n) is 6.87. The van der Waals surface area contributed by atoms with Crippen molar-refractivity contribution in [3.63, 3.8) is 0 Å². The molecule has 0 aliphatic heterocycles.